The molecular formula is C17H26N2. The summed E-state index contributed by atoms with van der Waals surface area (Å²) in [4.78, 5) is 2.62. The van der Waals surface area contributed by atoms with Crippen LogP contribution in [0.4, 0.5) is 0 Å². The number of piperidine rings is 1. The summed E-state index contributed by atoms with van der Waals surface area (Å²) in [6.07, 6.45) is 8.74. The second-order valence-corrected chi connectivity index (χ2v) is 6.46. The monoisotopic (exact) mass is 258 g/mol. The van der Waals surface area contributed by atoms with Crippen molar-refractivity contribution in [3.8, 4) is 0 Å². The van der Waals surface area contributed by atoms with Crippen molar-refractivity contribution in [2.24, 2.45) is 11.1 Å². The van der Waals surface area contributed by atoms with Crippen molar-refractivity contribution >= 4 is 0 Å². The largest absolute Gasteiger partial charge is 0.326 e. The number of hydrogen-bond donors (Lipinski definition) is 1. The number of likely N-dealkylation sites (tertiary alicyclic amines) is 1. The summed E-state index contributed by atoms with van der Waals surface area (Å²) in [5, 5.41) is 0. The van der Waals surface area contributed by atoms with Crippen LogP contribution in [-0.4, -0.2) is 18.0 Å². The summed E-state index contributed by atoms with van der Waals surface area (Å²) in [5.41, 5.74) is 9.29. The lowest BCUT2D eigenvalue weighted by atomic mass is 9.77. The second-order valence-electron chi connectivity index (χ2n) is 6.46. The topological polar surface area (TPSA) is 29.3 Å². The lowest BCUT2D eigenvalue weighted by Crippen LogP contribution is -2.38. The van der Waals surface area contributed by atoms with Crippen LogP contribution in [0.25, 0.3) is 0 Å². The Balaban J connectivity index is 1.60. The molecule has 0 bridgehead atoms. The first-order valence-corrected chi connectivity index (χ1v) is 7.81. The smallest absolute Gasteiger partial charge is 0.0236 e. The van der Waals surface area contributed by atoms with Crippen LogP contribution in [0.15, 0.2) is 24.3 Å². The van der Waals surface area contributed by atoms with Gasteiger partial charge in [0.2, 0.25) is 0 Å². The highest BCUT2D eigenvalue weighted by Crippen LogP contribution is 2.46. The molecule has 2 N–H and O–H groups in total. The molecule has 2 fully saturated rings. The van der Waals surface area contributed by atoms with E-state index in [0.717, 1.165) is 12.0 Å². The minimum atomic E-state index is 0.661. The first-order chi connectivity index (χ1) is 9.31. The molecule has 0 atom stereocenters. The Morgan fingerprint density at radius 2 is 1.58 bits per heavy atom. The van der Waals surface area contributed by atoms with Crippen molar-refractivity contribution in [2.75, 3.05) is 13.1 Å². The minimum absolute atomic E-state index is 0.661. The summed E-state index contributed by atoms with van der Waals surface area (Å²) in [7, 11) is 0. The Bertz CT molecular complexity index is 411. The molecule has 1 heterocycles. The van der Waals surface area contributed by atoms with Gasteiger partial charge in [-0.05, 0) is 55.3 Å². The number of nitrogens with zero attached hydrogens (tertiary/aromatic N) is 1. The molecule has 0 amide bonds. The molecule has 2 nitrogen and oxygen atoms in total. The quantitative estimate of drug-likeness (QED) is 0.901. The maximum atomic E-state index is 5.83. The molecular weight excluding hydrogens is 232 g/mol. The SMILES string of the molecule is NCc1ccccc1CN1CCC2(CCCC2)CC1. The highest BCUT2D eigenvalue weighted by Gasteiger charge is 2.36. The van der Waals surface area contributed by atoms with E-state index in [2.05, 4.69) is 29.2 Å². The van der Waals surface area contributed by atoms with Gasteiger partial charge in [-0.25, -0.2) is 0 Å². The molecule has 1 spiro atoms. The Hall–Kier alpha value is -0.860. The number of hydrogen-bond acceptors (Lipinski definition) is 2. The van der Waals surface area contributed by atoms with E-state index in [-0.39, 0.29) is 0 Å². The van der Waals surface area contributed by atoms with Crippen LogP contribution in [0.3, 0.4) is 0 Å². The van der Waals surface area contributed by atoms with Crippen LogP contribution in [0.5, 0.6) is 0 Å². The molecule has 2 aliphatic rings. The molecule has 1 aromatic rings. The molecule has 104 valence electrons. The maximum absolute atomic E-state index is 5.83. The van der Waals surface area contributed by atoms with Crippen LogP contribution in [-0.2, 0) is 13.1 Å². The zero-order valence-corrected chi connectivity index (χ0v) is 11.9. The fourth-order valence-corrected chi connectivity index (χ4v) is 3.96. The summed E-state index contributed by atoms with van der Waals surface area (Å²) in [6, 6.07) is 8.63. The van der Waals surface area contributed by atoms with E-state index in [4.69, 9.17) is 5.73 Å². The van der Waals surface area contributed by atoms with E-state index < -0.39 is 0 Å². The lowest BCUT2D eigenvalue weighted by molar-refractivity contribution is 0.103. The van der Waals surface area contributed by atoms with Gasteiger partial charge in [0.1, 0.15) is 0 Å². The number of nitrogens with two attached hydrogens (primary N) is 1. The maximum Gasteiger partial charge on any atom is 0.0236 e. The zero-order chi connectivity index (χ0) is 13.1. The zero-order valence-electron chi connectivity index (χ0n) is 11.9. The van der Waals surface area contributed by atoms with Crippen LogP contribution in [0.1, 0.15) is 49.7 Å². The predicted molar refractivity (Wildman–Crippen MR) is 79.7 cm³/mol. The molecule has 2 heteroatoms. The van der Waals surface area contributed by atoms with Gasteiger partial charge >= 0.3 is 0 Å². The third-order valence-electron chi connectivity index (χ3n) is 5.31. The third-order valence-corrected chi connectivity index (χ3v) is 5.31. The van der Waals surface area contributed by atoms with E-state index >= 15 is 0 Å². The van der Waals surface area contributed by atoms with E-state index in [1.807, 2.05) is 0 Å². The second kappa shape index (κ2) is 5.64. The Morgan fingerprint density at radius 3 is 2.21 bits per heavy atom. The highest BCUT2D eigenvalue weighted by atomic mass is 15.1. The summed E-state index contributed by atoms with van der Waals surface area (Å²) in [6.45, 7) is 4.30. The summed E-state index contributed by atoms with van der Waals surface area (Å²) < 4.78 is 0. The van der Waals surface area contributed by atoms with Crippen molar-refractivity contribution < 1.29 is 0 Å². The first-order valence-electron chi connectivity index (χ1n) is 7.81. The van der Waals surface area contributed by atoms with Gasteiger partial charge in [-0.2, -0.15) is 0 Å². The average Bonchev–Trinajstić information content (AvgIpc) is 2.91. The van der Waals surface area contributed by atoms with Gasteiger partial charge in [-0.1, -0.05) is 37.1 Å². The van der Waals surface area contributed by atoms with Gasteiger partial charge in [0, 0.05) is 13.1 Å². The van der Waals surface area contributed by atoms with Crippen molar-refractivity contribution in [3.63, 3.8) is 0 Å². The molecule has 0 radical (unpaired) electrons. The molecule has 19 heavy (non-hydrogen) atoms. The van der Waals surface area contributed by atoms with Crippen LogP contribution in [0, 0.1) is 5.41 Å². The van der Waals surface area contributed by atoms with Crippen molar-refractivity contribution in [2.45, 2.75) is 51.6 Å². The molecule has 0 unspecified atom stereocenters. The van der Waals surface area contributed by atoms with Gasteiger partial charge < -0.3 is 5.73 Å². The van der Waals surface area contributed by atoms with Gasteiger partial charge in [0.15, 0.2) is 0 Å². The molecule has 0 aromatic heterocycles. The molecule has 1 aromatic carbocycles. The van der Waals surface area contributed by atoms with Gasteiger partial charge in [-0.3, -0.25) is 4.90 Å². The van der Waals surface area contributed by atoms with E-state index in [9.17, 15) is 0 Å². The van der Waals surface area contributed by atoms with Gasteiger partial charge in [-0.15, -0.1) is 0 Å². The predicted octanol–water partition coefficient (Wildman–Crippen LogP) is 3.30. The summed E-state index contributed by atoms with van der Waals surface area (Å²) >= 11 is 0. The van der Waals surface area contributed by atoms with Gasteiger partial charge in [0.05, 0.1) is 0 Å². The normalized spacial score (nSPS) is 23.0. The van der Waals surface area contributed by atoms with E-state index in [1.165, 1.54) is 62.7 Å². The van der Waals surface area contributed by atoms with Crippen molar-refractivity contribution in [1.82, 2.24) is 4.90 Å². The van der Waals surface area contributed by atoms with Crippen LogP contribution < -0.4 is 5.73 Å². The van der Waals surface area contributed by atoms with Gasteiger partial charge in [0.25, 0.3) is 0 Å². The standard InChI is InChI=1S/C17H26N2/c18-13-15-5-1-2-6-16(15)14-19-11-9-17(10-12-19)7-3-4-8-17/h1-2,5-6H,3-4,7-14,18H2. The van der Waals surface area contributed by atoms with E-state index in [1.54, 1.807) is 0 Å². The Labute approximate surface area is 117 Å². The highest BCUT2D eigenvalue weighted by molar-refractivity contribution is 5.26. The fraction of sp³-hybridized carbons (Fsp3) is 0.647. The lowest BCUT2D eigenvalue weighted by Gasteiger charge is -2.39. The molecule has 3 rings (SSSR count). The first kappa shape index (κ1) is 13.1. The van der Waals surface area contributed by atoms with E-state index in [0.29, 0.717) is 6.54 Å². The van der Waals surface area contributed by atoms with Crippen LogP contribution in [0.2, 0.25) is 0 Å². The molecule has 1 saturated heterocycles. The minimum Gasteiger partial charge on any atom is -0.326 e. The number of rotatable bonds is 3. The molecule has 1 aliphatic carbocycles. The molecule has 1 saturated carbocycles. The Kier molecular flexibility index (Phi) is 3.90. The third kappa shape index (κ3) is 2.85. The van der Waals surface area contributed by atoms with Crippen molar-refractivity contribution in [1.29, 1.82) is 0 Å². The summed E-state index contributed by atoms with van der Waals surface area (Å²) in [5.74, 6) is 0. The number of benzene rings is 1. The average molecular weight is 258 g/mol. The Morgan fingerprint density at radius 1 is 0.947 bits per heavy atom. The van der Waals surface area contributed by atoms with Crippen molar-refractivity contribution in [3.05, 3.63) is 35.4 Å². The van der Waals surface area contributed by atoms with Crippen LogP contribution >= 0.6 is 0 Å². The fourth-order valence-electron chi connectivity index (χ4n) is 3.96. The molecule has 1 aliphatic heterocycles.